The minimum atomic E-state index is -0.312. The van der Waals surface area contributed by atoms with E-state index in [1.165, 1.54) is 11.0 Å². The molecule has 28 heavy (non-hydrogen) atoms. The van der Waals surface area contributed by atoms with Gasteiger partial charge in [-0.05, 0) is 25.0 Å². The first-order chi connectivity index (χ1) is 13.5. The third kappa shape index (κ3) is 5.54. The highest BCUT2D eigenvalue weighted by Crippen LogP contribution is 2.20. The van der Waals surface area contributed by atoms with Gasteiger partial charge in [-0.1, -0.05) is 0 Å². The fourth-order valence-corrected chi connectivity index (χ4v) is 3.30. The molecule has 1 amide bonds. The molecule has 1 aromatic rings. The molecule has 8 nitrogen and oxygen atoms in total. The van der Waals surface area contributed by atoms with E-state index in [-0.39, 0.29) is 24.3 Å². The number of guanidine groups is 1. The normalized spacial score (nSPS) is 22.4. The maximum atomic E-state index is 14.0. The number of nitrogens with one attached hydrogen (secondary N) is 2. The number of carbonyl (C=O) groups is 1. The average molecular weight is 392 g/mol. The summed E-state index contributed by atoms with van der Waals surface area (Å²) in [4.78, 5) is 24.0. The Hall–Kier alpha value is -2.42. The topological polar surface area (TPSA) is 82.1 Å². The number of pyridine rings is 1. The lowest BCUT2D eigenvalue weighted by molar-refractivity contribution is -0.127. The second-order valence-electron chi connectivity index (χ2n) is 7.45. The minimum absolute atomic E-state index is 0.0612. The number of halogens is 1. The molecular formula is C19H29FN6O2. The van der Waals surface area contributed by atoms with E-state index in [1.807, 2.05) is 4.90 Å². The van der Waals surface area contributed by atoms with Crippen LogP contribution in [0.2, 0.25) is 0 Å². The molecule has 154 valence electrons. The first-order valence-corrected chi connectivity index (χ1v) is 9.71. The van der Waals surface area contributed by atoms with Crippen molar-refractivity contribution in [3.63, 3.8) is 0 Å². The van der Waals surface area contributed by atoms with Gasteiger partial charge in [0.2, 0.25) is 5.91 Å². The molecule has 2 fully saturated rings. The molecule has 0 radical (unpaired) electrons. The largest absolute Gasteiger partial charge is 0.381 e. The summed E-state index contributed by atoms with van der Waals surface area (Å²) in [7, 11) is 3.43. The van der Waals surface area contributed by atoms with Crippen LogP contribution in [-0.2, 0) is 9.53 Å². The lowest BCUT2D eigenvalue weighted by Crippen LogP contribution is -2.46. The lowest BCUT2D eigenvalue weighted by Gasteiger charge is -2.21. The number of hydrogen-bond acceptors (Lipinski definition) is 5. The lowest BCUT2D eigenvalue weighted by atomic mass is 10.1. The van der Waals surface area contributed by atoms with Crippen LogP contribution < -0.4 is 15.5 Å². The Kier molecular flexibility index (Phi) is 7.02. The van der Waals surface area contributed by atoms with E-state index in [9.17, 15) is 9.18 Å². The van der Waals surface area contributed by atoms with E-state index in [4.69, 9.17) is 4.74 Å². The predicted molar refractivity (Wildman–Crippen MR) is 106 cm³/mol. The van der Waals surface area contributed by atoms with E-state index in [2.05, 4.69) is 20.6 Å². The van der Waals surface area contributed by atoms with Gasteiger partial charge in [0.1, 0.15) is 6.54 Å². The number of aliphatic imine (C=N–C) groups is 1. The Morgan fingerprint density at radius 3 is 3.04 bits per heavy atom. The molecule has 3 heterocycles. The highest BCUT2D eigenvalue weighted by Gasteiger charge is 2.26. The van der Waals surface area contributed by atoms with Gasteiger partial charge in [-0.2, -0.15) is 0 Å². The molecule has 0 bridgehead atoms. The van der Waals surface area contributed by atoms with E-state index in [0.29, 0.717) is 30.8 Å². The van der Waals surface area contributed by atoms with Crippen LogP contribution in [0.3, 0.4) is 0 Å². The molecule has 0 aromatic carbocycles. The molecule has 2 saturated heterocycles. The second kappa shape index (κ2) is 9.68. The summed E-state index contributed by atoms with van der Waals surface area (Å²) in [6, 6.07) is 3.11. The summed E-state index contributed by atoms with van der Waals surface area (Å²) >= 11 is 0. The zero-order valence-electron chi connectivity index (χ0n) is 16.5. The van der Waals surface area contributed by atoms with Crippen LogP contribution in [0.4, 0.5) is 10.2 Å². The monoisotopic (exact) mass is 392 g/mol. The summed E-state index contributed by atoms with van der Waals surface area (Å²) in [6.07, 6.45) is 3.46. The molecule has 2 unspecified atom stereocenters. The maximum absolute atomic E-state index is 14.0. The fraction of sp³-hybridized carbons (Fsp3) is 0.632. The molecule has 9 heteroatoms. The SMILES string of the molecule is CN(C)C(=O)CN=C(NCC1CCOC1)NC1CCN(c2ncccc2F)C1. The maximum Gasteiger partial charge on any atom is 0.243 e. The van der Waals surface area contributed by atoms with Crippen LogP contribution in [0.1, 0.15) is 12.8 Å². The van der Waals surface area contributed by atoms with Crippen molar-refractivity contribution >= 4 is 17.7 Å². The Morgan fingerprint density at radius 2 is 2.32 bits per heavy atom. The zero-order chi connectivity index (χ0) is 19.9. The Bertz CT molecular complexity index is 693. The number of carbonyl (C=O) groups excluding carboxylic acids is 1. The number of amides is 1. The van der Waals surface area contributed by atoms with Crippen LogP contribution in [0.25, 0.3) is 0 Å². The molecule has 1 aromatic heterocycles. The van der Waals surface area contributed by atoms with Gasteiger partial charge >= 0.3 is 0 Å². The predicted octanol–water partition coefficient (Wildman–Crippen LogP) is 0.459. The molecule has 2 aliphatic rings. The Labute approximate surface area is 165 Å². The van der Waals surface area contributed by atoms with Gasteiger partial charge in [-0.25, -0.2) is 14.4 Å². The highest BCUT2D eigenvalue weighted by molar-refractivity contribution is 5.85. The molecule has 2 N–H and O–H groups in total. The highest BCUT2D eigenvalue weighted by atomic mass is 19.1. The quantitative estimate of drug-likeness (QED) is 0.541. The van der Waals surface area contributed by atoms with Crippen molar-refractivity contribution in [1.29, 1.82) is 0 Å². The van der Waals surface area contributed by atoms with E-state index in [1.54, 1.807) is 26.4 Å². The minimum Gasteiger partial charge on any atom is -0.381 e. The number of hydrogen-bond donors (Lipinski definition) is 2. The van der Waals surface area contributed by atoms with E-state index < -0.39 is 0 Å². The van der Waals surface area contributed by atoms with Crippen molar-refractivity contribution in [2.24, 2.45) is 10.9 Å². The van der Waals surface area contributed by atoms with Gasteiger partial charge in [-0.15, -0.1) is 0 Å². The molecular weight excluding hydrogens is 363 g/mol. The summed E-state index contributed by atoms with van der Waals surface area (Å²) in [5.74, 6) is 1.06. The summed E-state index contributed by atoms with van der Waals surface area (Å²) in [5.41, 5.74) is 0. The molecule has 3 rings (SSSR count). The van der Waals surface area contributed by atoms with Crippen molar-refractivity contribution in [3.05, 3.63) is 24.1 Å². The smallest absolute Gasteiger partial charge is 0.243 e. The van der Waals surface area contributed by atoms with Gasteiger partial charge in [0.15, 0.2) is 17.6 Å². The van der Waals surface area contributed by atoms with Crippen LogP contribution in [0, 0.1) is 11.7 Å². The summed E-state index contributed by atoms with van der Waals surface area (Å²) in [6.45, 7) is 3.70. The van der Waals surface area contributed by atoms with Crippen molar-refractivity contribution < 1.29 is 13.9 Å². The van der Waals surface area contributed by atoms with Gasteiger partial charge in [0.25, 0.3) is 0 Å². The molecule has 0 spiro atoms. The van der Waals surface area contributed by atoms with Gasteiger partial charge in [0.05, 0.1) is 6.61 Å². The number of ether oxygens (including phenoxy) is 1. The standard InChI is InChI=1S/C19H29FN6O2/c1-25(2)17(27)11-23-19(22-10-14-6-9-28-13-14)24-15-5-8-26(12-15)18-16(20)4-3-7-21-18/h3-4,7,14-15H,5-6,8-13H2,1-2H3,(H2,22,23,24). The number of rotatable bonds is 6. The number of anilines is 1. The van der Waals surface area contributed by atoms with Gasteiger partial charge < -0.3 is 25.2 Å². The second-order valence-corrected chi connectivity index (χ2v) is 7.45. The van der Waals surface area contributed by atoms with Crippen molar-refractivity contribution in [3.8, 4) is 0 Å². The average Bonchev–Trinajstić information content (AvgIpc) is 3.36. The zero-order valence-corrected chi connectivity index (χ0v) is 16.5. The third-order valence-corrected chi connectivity index (χ3v) is 5.02. The summed E-state index contributed by atoms with van der Waals surface area (Å²) < 4.78 is 19.4. The van der Waals surface area contributed by atoms with Crippen molar-refractivity contribution in [1.82, 2.24) is 20.5 Å². The number of nitrogens with zero attached hydrogens (tertiary/aromatic N) is 4. The molecule has 2 aliphatic heterocycles. The molecule has 0 saturated carbocycles. The van der Waals surface area contributed by atoms with Crippen molar-refractivity contribution in [2.75, 3.05) is 58.4 Å². The Balaban J connectivity index is 1.59. The third-order valence-electron chi connectivity index (χ3n) is 5.02. The summed E-state index contributed by atoms with van der Waals surface area (Å²) in [5, 5.41) is 6.72. The van der Waals surface area contributed by atoms with Crippen LogP contribution in [0.15, 0.2) is 23.3 Å². The first-order valence-electron chi connectivity index (χ1n) is 9.71. The fourth-order valence-electron chi connectivity index (χ4n) is 3.30. The van der Waals surface area contributed by atoms with E-state index >= 15 is 0 Å². The van der Waals surface area contributed by atoms with Crippen LogP contribution in [0.5, 0.6) is 0 Å². The van der Waals surface area contributed by atoms with Gasteiger partial charge in [-0.3, -0.25) is 4.79 Å². The van der Waals surface area contributed by atoms with Crippen LogP contribution in [-0.4, -0.2) is 81.3 Å². The van der Waals surface area contributed by atoms with Gasteiger partial charge in [0, 0.05) is 58.5 Å². The van der Waals surface area contributed by atoms with Crippen molar-refractivity contribution in [2.45, 2.75) is 18.9 Å². The molecule has 0 aliphatic carbocycles. The molecule has 2 atom stereocenters. The van der Waals surface area contributed by atoms with Crippen LogP contribution >= 0.6 is 0 Å². The van der Waals surface area contributed by atoms with E-state index in [0.717, 1.165) is 32.6 Å². The first kappa shape index (κ1) is 20.3. The Morgan fingerprint density at radius 1 is 1.46 bits per heavy atom. The number of aromatic nitrogens is 1. The number of likely N-dealkylation sites (N-methyl/N-ethyl adjacent to an activating group) is 1.